The van der Waals surface area contributed by atoms with Gasteiger partial charge in [0, 0.05) is 45.2 Å². The normalized spacial score (nSPS) is 14.2. The second-order valence-electron chi connectivity index (χ2n) is 17.5. The topological polar surface area (TPSA) is 64.5 Å². The van der Waals surface area contributed by atoms with Gasteiger partial charge in [0.2, 0.25) is 0 Å². The second kappa shape index (κ2) is 16.5. The number of hydrogen-bond donors (Lipinski definition) is 0. The van der Waals surface area contributed by atoms with Crippen LogP contribution in [0.15, 0.2) is 237 Å². The van der Waals surface area contributed by atoms with Crippen molar-refractivity contribution in [2.45, 2.75) is 11.8 Å². The van der Waals surface area contributed by atoms with Crippen molar-refractivity contribution in [3.05, 3.63) is 270 Å². The van der Waals surface area contributed by atoms with Crippen LogP contribution in [-0.2, 0) is 0 Å². The number of aromatic nitrogens is 5. The van der Waals surface area contributed by atoms with Gasteiger partial charge in [0.15, 0.2) is 23.3 Å². The predicted octanol–water partition coefficient (Wildman–Crippen LogP) is 15.0. The molecule has 0 spiro atoms. The summed E-state index contributed by atoms with van der Waals surface area (Å²) in [6, 6.07) is 83.5. The summed E-state index contributed by atoms with van der Waals surface area (Å²) in [5.74, 6) is 2.73. The molecule has 0 fully saturated rings. The minimum Gasteiger partial charge on any atom is -0.228 e. The molecule has 0 aliphatic heterocycles. The molecule has 0 radical (unpaired) electrons. The summed E-state index contributed by atoms with van der Waals surface area (Å²) in [6.07, 6.45) is 0. The van der Waals surface area contributed by atoms with Gasteiger partial charge >= 0.3 is 0 Å². The van der Waals surface area contributed by atoms with Crippen LogP contribution in [0.3, 0.4) is 0 Å². The maximum atomic E-state index is 5.36. The molecule has 0 N–H and O–H groups in total. The van der Waals surface area contributed by atoms with Crippen molar-refractivity contribution in [2.24, 2.45) is 0 Å². The third kappa shape index (κ3) is 6.92. The molecule has 3 aliphatic carbocycles. The average Bonchev–Trinajstić information content (AvgIpc) is 3.43. The van der Waals surface area contributed by atoms with E-state index >= 15 is 0 Å². The first-order valence-corrected chi connectivity index (χ1v) is 23.1. The van der Waals surface area contributed by atoms with Gasteiger partial charge in [-0.2, -0.15) is 0 Å². The molecular weight excluding hydrogens is 827 g/mol. The molecule has 9 aromatic carbocycles. The zero-order chi connectivity index (χ0) is 45.0. The molecule has 2 bridgehead atoms. The monoisotopic (exact) mass is 867 g/mol. The average molecular weight is 868 g/mol. The fourth-order valence-corrected chi connectivity index (χ4v) is 10.3. The summed E-state index contributed by atoms with van der Waals surface area (Å²) in [7, 11) is 0. The van der Waals surface area contributed by atoms with Crippen molar-refractivity contribution in [1.82, 2.24) is 24.9 Å². The molecular formula is C63H41N5. The minimum absolute atomic E-state index is 0.0363. The zero-order valence-electron chi connectivity index (χ0n) is 36.9. The third-order valence-electron chi connectivity index (χ3n) is 13.5. The van der Waals surface area contributed by atoms with Crippen molar-refractivity contribution in [3.63, 3.8) is 0 Å². The lowest BCUT2D eigenvalue weighted by atomic mass is 9.60. The van der Waals surface area contributed by atoms with E-state index in [1.807, 2.05) is 42.5 Å². The van der Waals surface area contributed by atoms with Crippen LogP contribution in [-0.4, -0.2) is 24.9 Å². The van der Waals surface area contributed by atoms with Crippen molar-refractivity contribution in [2.75, 3.05) is 0 Å². The van der Waals surface area contributed by atoms with Crippen LogP contribution in [0.1, 0.15) is 45.2 Å². The highest BCUT2D eigenvalue weighted by molar-refractivity contribution is 5.88. The number of hydrogen-bond acceptors (Lipinski definition) is 5. The maximum absolute atomic E-state index is 5.36. The quantitative estimate of drug-likeness (QED) is 0.152. The lowest BCUT2D eigenvalue weighted by Gasteiger charge is -2.42. The molecule has 0 saturated carbocycles. The molecule has 3 aliphatic rings. The van der Waals surface area contributed by atoms with Crippen molar-refractivity contribution < 1.29 is 0 Å². The number of benzene rings is 9. The Morgan fingerprint density at radius 3 is 1.12 bits per heavy atom. The molecule has 2 atom stereocenters. The molecule has 68 heavy (non-hydrogen) atoms. The molecule has 2 aromatic heterocycles. The van der Waals surface area contributed by atoms with Gasteiger partial charge in [-0.05, 0) is 79.9 Å². The van der Waals surface area contributed by atoms with Gasteiger partial charge in [-0.1, -0.05) is 212 Å². The SMILES string of the molecule is c1ccc(-c2ccc(-c3ccccc3)c(-c3cc(-c4ccc5c(c4)C4c6ccccc6C5c5cc(-c6nc(-c7ccccc7)nc(-c7ccccc7)n6)ccc54)nc(-c4ccccc4)n3)c2)cc1. The summed E-state index contributed by atoms with van der Waals surface area (Å²) >= 11 is 0. The Morgan fingerprint density at radius 1 is 0.206 bits per heavy atom. The molecule has 2 unspecified atom stereocenters. The lowest BCUT2D eigenvalue weighted by Crippen LogP contribution is -2.27. The highest BCUT2D eigenvalue weighted by atomic mass is 15.0. The Bertz CT molecular complexity index is 3610. The van der Waals surface area contributed by atoms with E-state index in [4.69, 9.17) is 24.9 Å². The summed E-state index contributed by atoms with van der Waals surface area (Å²) in [5, 5.41) is 0. The summed E-state index contributed by atoms with van der Waals surface area (Å²) in [4.78, 5) is 25.9. The fourth-order valence-electron chi connectivity index (χ4n) is 10.3. The minimum atomic E-state index is 0.0363. The Morgan fingerprint density at radius 2 is 0.588 bits per heavy atom. The molecule has 318 valence electrons. The van der Waals surface area contributed by atoms with Gasteiger partial charge in [0.25, 0.3) is 0 Å². The van der Waals surface area contributed by atoms with Gasteiger partial charge in [0.1, 0.15) is 0 Å². The Labute approximate surface area is 395 Å². The Balaban J connectivity index is 0.954. The zero-order valence-corrected chi connectivity index (χ0v) is 36.9. The summed E-state index contributed by atoms with van der Waals surface area (Å²) < 4.78 is 0. The van der Waals surface area contributed by atoms with Crippen LogP contribution in [0, 0.1) is 0 Å². The smallest absolute Gasteiger partial charge is 0.164 e. The third-order valence-corrected chi connectivity index (χ3v) is 13.5. The van der Waals surface area contributed by atoms with Gasteiger partial charge in [-0.15, -0.1) is 0 Å². The van der Waals surface area contributed by atoms with Gasteiger partial charge in [0.05, 0.1) is 11.4 Å². The Hall–Kier alpha value is -8.93. The maximum Gasteiger partial charge on any atom is 0.164 e. The van der Waals surface area contributed by atoms with Gasteiger partial charge < -0.3 is 0 Å². The first-order chi connectivity index (χ1) is 33.7. The first kappa shape index (κ1) is 39.4. The summed E-state index contributed by atoms with van der Waals surface area (Å²) in [5.41, 5.74) is 20.2. The van der Waals surface area contributed by atoms with Crippen LogP contribution in [0.5, 0.6) is 0 Å². The highest BCUT2D eigenvalue weighted by Crippen LogP contribution is 2.56. The van der Waals surface area contributed by atoms with E-state index in [1.54, 1.807) is 0 Å². The van der Waals surface area contributed by atoms with E-state index in [9.17, 15) is 0 Å². The molecule has 0 saturated heterocycles. The molecule has 2 heterocycles. The largest absolute Gasteiger partial charge is 0.228 e. The van der Waals surface area contributed by atoms with E-state index in [0.717, 1.165) is 67.0 Å². The van der Waals surface area contributed by atoms with E-state index in [1.165, 1.54) is 33.4 Å². The number of nitrogens with zero attached hydrogens (tertiary/aromatic N) is 5. The highest BCUT2D eigenvalue weighted by Gasteiger charge is 2.41. The van der Waals surface area contributed by atoms with Gasteiger partial charge in [-0.25, -0.2) is 24.9 Å². The van der Waals surface area contributed by atoms with E-state index in [-0.39, 0.29) is 11.8 Å². The van der Waals surface area contributed by atoms with Crippen LogP contribution in [0.2, 0.25) is 0 Å². The van der Waals surface area contributed by atoms with Crippen molar-refractivity contribution in [1.29, 1.82) is 0 Å². The van der Waals surface area contributed by atoms with Crippen molar-refractivity contribution in [3.8, 4) is 90.3 Å². The Kier molecular flexibility index (Phi) is 9.57. The second-order valence-corrected chi connectivity index (χ2v) is 17.5. The summed E-state index contributed by atoms with van der Waals surface area (Å²) in [6.45, 7) is 0. The molecule has 5 heteroatoms. The molecule has 11 aromatic rings. The lowest BCUT2D eigenvalue weighted by molar-refractivity contribution is 0.754. The molecule has 5 nitrogen and oxygen atoms in total. The standard InChI is InChI=1S/C63H41N5/c1-6-18-40(19-7-1)45-30-33-48(41-20-8-2-9-21-41)53(36-45)57-39-56(64-60(65-57)42-22-10-3-11-23-42)46-31-34-51-54(37-46)58-49-28-16-17-29-50(49)59(51)55-38-47(32-35-52(55)58)63-67-61(43-24-12-4-13-25-43)66-62(68-63)44-26-14-5-15-27-44/h1-39,58-59H. The van der Waals surface area contributed by atoms with Gasteiger partial charge in [-0.3, -0.25) is 0 Å². The molecule has 14 rings (SSSR count). The van der Waals surface area contributed by atoms with Crippen LogP contribution < -0.4 is 0 Å². The van der Waals surface area contributed by atoms with Crippen LogP contribution >= 0.6 is 0 Å². The number of rotatable bonds is 8. The van der Waals surface area contributed by atoms with Crippen LogP contribution in [0.25, 0.3) is 90.3 Å². The van der Waals surface area contributed by atoms with Crippen LogP contribution in [0.4, 0.5) is 0 Å². The fraction of sp³-hybridized carbons (Fsp3) is 0.0317. The van der Waals surface area contributed by atoms with Crippen molar-refractivity contribution >= 4 is 0 Å². The molecule has 0 amide bonds. The van der Waals surface area contributed by atoms with E-state index < -0.39 is 0 Å². The predicted molar refractivity (Wildman–Crippen MR) is 274 cm³/mol. The van der Waals surface area contributed by atoms with E-state index in [2.05, 4.69) is 194 Å². The van der Waals surface area contributed by atoms with E-state index in [0.29, 0.717) is 23.3 Å². The first-order valence-electron chi connectivity index (χ1n) is 23.1.